The zero-order valence-electron chi connectivity index (χ0n) is 16.2. The molecule has 2 N–H and O–H groups in total. The normalized spacial score (nSPS) is 12.2. The highest BCUT2D eigenvalue weighted by molar-refractivity contribution is 5.86. The number of rotatable bonds is 5. The van der Waals surface area contributed by atoms with E-state index in [0.717, 1.165) is 17.2 Å². The third-order valence-electron chi connectivity index (χ3n) is 4.83. The van der Waals surface area contributed by atoms with Gasteiger partial charge in [0.25, 0.3) is 5.56 Å². The van der Waals surface area contributed by atoms with Gasteiger partial charge < -0.3 is 5.32 Å². The van der Waals surface area contributed by atoms with Crippen molar-refractivity contribution in [2.75, 3.05) is 5.32 Å². The number of nitrogens with one attached hydrogen (secondary N) is 2. The van der Waals surface area contributed by atoms with E-state index < -0.39 is 0 Å². The smallest absolute Gasteiger partial charge is 0.252 e. The second-order valence-corrected chi connectivity index (χ2v) is 6.93. The molecule has 0 aliphatic carbocycles. The Morgan fingerprint density at radius 2 is 1.93 bits per heavy atom. The fourth-order valence-electron chi connectivity index (χ4n) is 3.47. The SMILES string of the molecule is CCc1cc(=O)[nH]c(-n2nc(C)cc2N[C@H](C)c2cccc3ccccc23)n1. The highest BCUT2D eigenvalue weighted by atomic mass is 16.1. The standard InChI is InChI=1S/C22H23N5O/c1-4-17-13-21(28)25-22(24-17)27-20(12-14(2)26-27)23-15(3)18-11-7-9-16-8-5-6-10-19(16)18/h5-13,15,23H,4H2,1-3H3,(H,24,25,28)/t15-/m1/s1. The van der Waals surface area contributed by atoms with E-state index in [0.29, 0.717) is 12.4 Å². The van der Waals surface area contributed by atoms with Gasteiger partial charge in [-0.15, -0.1) is 0 Å². The molecule has 142 valence electrons. The van der Waals surface area contributed by atoms with Crippen LogP contribution in [0.2, 0.25) is 0 Å². The molecule has 0 aliphatic rings. The van der Waals surface area contributed by atoms with Crippen molar-refractivity contribution < 1.29 is 0 Å². The summed E-state index contributed by atoms with van der Waals surface area (Å²) in [5, 5.41) is 10.5. The molecule has 0 unspecified atom stereocenters. The maximum absolute atomic E-state index is 12.0. The van der Waals surface area contributed by atoms with Crippen molar-refractivity contribution in [3.05, 3.63) is 81.9 Å². The van der Waals surface area contributed by atoms with Crippen molar-refractivity contribution in [1.29, 1.82) is 0 Å². The molecule has 1 atom stereocenters. The van der Waals surface area contributed by atoms with Gasteiger partial charge in [-0.1, -0.05) is 49.4 Å². The molecule has 0 aliphatic heterocycles. The van der Waals surface area contributed by atoms with E-state index in [-0.39, 0.29) is 11.6 Å². The van der Waals surface area contributed by atoms with Gasteiger partial charge in [0, 0.05) is 17.8 Å². The van der Waals surface area contributed by atoms with E-state index in [2.05, 4.69) is 63.7 Å². The molecule has 0 saturated heterocycles. The van der Waals surface area contributed by atoms with E-state index in [1.807, 2.05) is 26.0 Å². The predicted molar refractivity (Wildman–Crippen MR) is 112 cm³/mol. The first-order valence-electron chi connectivity index (χ1n) is 9.46. The van der Waals surface area contributed by atoms with Crippen LogP contribution in [0.4, 0.5) is 5.82 Å². The number of anilines is 1. The number of fused-ring (bicyclic) bond motifs is 1. The molecule has 6 nitrogen and oxygen atoms in total. The molecule has 28 heavy (non-hydrogen) atoms. The molecular formula is C22H23N5O. The van der Waals surface area contributed by atoms with Crippen molar-refractivity contribution >= 4 is 16.6 Å². The van der Waals surface area contributed by atoms with E-state index in [1.165, 1.54) is 22.4 Å². The van der Waals surface area contributed by atoms with Crippen LogP contribution in [0, 0.1) is 6.92 Å². The highest BCUT2D eigenvalue weighted by Gasteiger charge is 2.15. The number of hydrogen-bond acceptors (Lipinski definition) is 4. The first-order chi connectivity index (χ1) is 13.5. The van der Waals surface area contributed by atoms with E-state index in [9.17, 15) is 4.79 Å². The summed E-state index contributed by atoms with van der Waals surface area (Å²) in [5.74, 6) is 1.21. The highest BCUT2D eigenvalue weighted by Crippen LogP contribution is 2.27. The summed E-state index contributed by atoms with van der Waals surface area (Å²) in [6, 6.07) is 18.2. The maximum atomic E-state index is 12.0. The molecule has 0 fully saturated rings. The van der Waals surface area contributed by atoms with Crippen molar-refractivity contribution in [2.24, 2.45) is 0 Å². The lowest BCUT2D eigenvalue weighted by Gasteiger charge is -2.18. The van der Waals surface area contributed by atoms with Crippen LogP contribution in [-0.4, -0.2) is 19.7 Å². The zero-order chi connectivity index (χ0) is 19.7. The van der Waals surface area contributed by atoms with Gasteiger partial charge in [0.05, 0.1) is 11.7 Å². The number of H-pyrrole nitrogens is 1. The number of aromatic amines is 1. The summed E-state index contributed by atoms with van der Waals surface area (Å²) in [6.07, 6.45) is 0.687. The van der Waals surface area contributed by atoms with Gasteiger partial charge in [0.15, 0.2) is 0 Å². The summed E-state index contributed by atoms with van der Waals surface area (Å²) in [7, 11) is 0. The van der Waals surface area contributed by atoms with Crippen LogP contribution in [0.1, 0.15) is 36.8 Å². The van der Waals surface area contributed by atoms with Gasteiger partial charge in [-0.2, -0.15) is 9.78 Å². The number of hydrogen-bond donors (Lipinski definition) is 2. The summed E-state index contributed by atoms with van der Waals surface area (Å²) < 4.78 is 1.66. The lowest BCUT2D eigenvalue weighted by Crippen LogP contribution is -2.17. The average molecular weight is 373 g/mol. The van der Waals surface area contributed by atoms with Crippen LogP contribution in [0.3, 0.4) is 0 Å². The molecule has 2 heterocycles. The molecule has 4 rings (SSSR count). The molecule has 0 spiro atoms. The zero-order valence-corrected chi connectivity index (χ0v) is 16.2. The third kappa shape index (κ3) is 3.41. The first-order valence-corrected chi connectivity index (χ1v) is 9.46. The van der Waals surface area contributed by atoms with Crippen LogP contribution >= 0.6 is 0 Å². The van der Waals surface area contributed by atoms with Crippen LogP contribution in [0.5, 0.6) is 0 Å². The van der Waals surface area contributed by atoms with Crippen LogP contribution < -0.4 is 10.9 Å². The quantitative estimate of drug-likeness (QED) is 0.551. The van der Waals surface area contributed by atoms with Gasteiger partial charge >= 0.3 is 0 Å². The molecule has 6 heteroatoms. The number of aryl methyl sites for hydroxylation is 2. The van der Waals surface area contributed by atoms with Crippen LogP contribution in [0.15, 0.2) is 59.4 Å². The number of benzene rings is 2. The van der Waals surface area contributed by atoms with Gasteiger partial charge in [0.1, 0.15) is 5.82 Å². The Morgan fingerprint density at radius 1 is 1.14 bits per heavy atom. The fourth-order valence-corrected chi connectivity index (χ4v) is 3.47. The lowest BCUT2D eigenvalue weighted by atomic mass is 10.00. The monoisotopic (exact) mass is 373 g/mol. The Morgan fingerprint density at radius 3 is 2.75 bits per heavy atom. The maximum Gasteiger partial charge on any atom is 0.252 e. The van der Waals surface area contributed by atoms with Gasteiger partial charge in [-0.25, -0.2) is 4.98 Å². The molecule has 2 aromatic carbocycles. The van der Waals surface area contributed by atoms with Crippen molar-refractivity contribution in [3.63, 3.8) is 0 Å². The Balaban J connectivity index is 1.73. The van der Waals surface area contributed by atoms with Crippen molar-refractivity contribution in [3.8, 4) is 5.95 Å². The third-order valence-corrected chi connectivity index (χ3v) is 4.83. The van der Waals surface area contributed by atoms with Gasteiger partial charge in [-0.3, -0.25) is 9.78 Å². The molecule has 0 amide bonds. The minimum absolute atomic E-state index is 0.0435. The topological polar surface area (TPSA) is 75.6 Å². The molecular weight excluding hydrogens is 350 g/mol. The molecule has 0 saturated carbocycles. The Bertz CT molecular complexity index is 1190. The van der Waals surface area contributed by atoms with Crippen molar-refractivity contribution in [2.45, 2.75) is 33.2 Å². The van der Waals surface area contributed by atoms with Gasteiger partial charge in [-0.05, 0) is 36.6 Å². The summed E-state index contributed by atoms with van der Waals surface area (Å²) in [6.45, 7) is 6.01. The van der Waals surface area contributed by atoms with E-state index >= 15 is 0 Å². The minimum atomic E-state index is -0.178. The Kier molecular flexibility index (Phi) is 4.69. The summed E-state index contributed by atoms with van der Waals surface area (Å²) in [5.41, 5.74) is 2.60. The largest absolute Gasteiger partial charge is 0.363 e. The predicted octanol–water partition coefficient (Wildman–Crippen LogP) is 4.15. The molecule has 0 bridgehead atoms. The number of aromatic nitrogens is 4. The van der Waals surface area contributed by atoms with Crippen LogP contribution in [-0.2, 0) is 6.42 Å². The molecule has 2 aromatic heterocycles. The van der Waals surface area contributed by atoms with E-state index in [1.54, 1.807) is 4.68 Å². The summed E-state index contributed by atoms with van der Waals surface area (Å²) >= 11 is 0. The Hall–Kier alpha value is -3.41. The van der Waals surface area contributed by atoms with Gasteiger partial charge in [0.2, 0.25) is 5.95 Å². The number of nitrogens with zero attached hydrogens (tertiary/aromatic N) is 3. The molecule has 0 radical (unpaired) electrons. The van der Waals surface area contributed by atoms with E-state index in [4.69, 9.17) is 0 Å². The second-order valence-electron chi connectivity index (χ2n) is 6.93. The fraction of sp³-hybridized carbons (Fsp3) is 0.227. The lowest BCUT2D eigenvalue weighted by molar-refractivity contribution is 0.764. The summed E-state index contributed by atoms with van der Waals surface area (Å²) in [4.78, 5) is 19.3. The Labute approximate surface area is 163 Å². The first kappa shape index (κ1) is 18.0. The van der Waals surface area contributed by atoms with Crippen LogP contribution in [0.25, 0.3) is 16.7 Å². The van der Waals surface area contributed by atoms with Crippen molar-refractivity contribution in [1.82, 2.24) is 19.7 Å². The minimum Gasteiger partial charge on any atom is -0.363 e. The molecule has 4 aromatic rings. The second kappa shape index (κ2) is 7.31. The average Bonchev–Trinajstić information content (AvgIpc) is 3.07.